The van der Waals surface area contributed by atoms with Gasteiger partial charge in [0.15, 0.2) is 40.6 Å². The van der Waals surface area contributed by atoms with Crippen molar-refractivity contribution in [3.05, 3.63) is 96.1 Å². The lowest BCUT2D eigenvalue weighted by Gasteiger charge is -2.24. The zero-order valence-corrected chi connectivity index (χ0v) is 26.5. The van der Waals surface area contributed by atoms with Gasteiger partial charge >= 0.3 is 5.97 Å². The highest BCUT2D eigenvalue weighted by molar-refractivity contribution is 5.78. The largest absolute Gasteiger partial charge is 0.493 e. The van der Waals surface area contributed by atoms with E-state index in [1.165, 1.54) is 58.8 Å². The second-order valence-corrected chi connectivity index (χ2v) is 9.99. The summed E-state index contributed by atoms with van der Waals surface area (Å²) in [4.78, 5) is 13.1. The lowest BCUT2D eigenvalue weighted by molar-refractivity contribution is -0.144. The molecule has 0 aliphatic carbocycles. The molecule has 12 heteroatoms. The van der Waals surface area contributed by atoms with Crippen LogP contribution in [0.4, 0.5) is 0 Å². The van der Waals surface area contributed by atoms with Gasteiger partial charge < -0.3 is 53.2 Å². The van der Waals surface area contributed by atoms with Crippen LogP contribution < -0.4 is 37.9 Å². The smallest absolute Gasteiger partial charge is 0.355 e. The van der Waals surface area contributed by atoms with Gasteiger partial charge in [0.2, 0.25) is 11.9 Å². The number of esters is 1. The van der Waals surface area contributed by atoms with Crippen molar-refractivity contribution < 1.29 is 58.0 Å². The molecule has 0 bridgehead atoms. The summed E-state index contributed by atoms with van der Waals surface area (Å²) in [5.41, 5.74) is 1.27. The molecule has 4 rings (SSSR count). The molecule has 0 saturated heterocycles. The molecule has 0 aromatic heterocycles. The fraction of sp³-hybridized carbons (Fsp3) is 0.286. The lowest BCUT2D eigenvalue weighted by Crippen LogP contribution is -2.35. The standard InChI is InChI=1S/C35H38O12/c1-40-25-12-8-9-13-26(25)46-31(19-36)33(38)23-14-15-27(28(16-23)41-2)47-32(20-37)35(39)45-24-17-29(42-3)34(30(18-24)43-4)44-21-22-10-6-5-7-11-22/h5-18,31-33,36-38H,19-21H2,1-4H3. The maximum Gasteiger partial charge on any atom is 0.355 e. The van der Waals surface area contributed by atoms with E-state index in [1.807, 2.05) is 30.3 Å². The third-order valence-corrected chi connectivity index (χ3v) is 6.99. The number of carbonyl (C=O) groups is 1. The van der Waals surface area contributed by atoms with Crippen molar-refractivity contribution in [3.63, 3.8) is 0 Å². The number of rotatable bonds is 17. The molecule has 0 saturated carbocycles. The molecule has 0 spiro atoms. The number of benzene rings is 4. The summed E-state index contributed by atoms with van der Waals surface area (Å²) in [5, 5.41) is 31.0. The summed E-state index contributed by atoms with van der Waals surface area (Å²) in [7, 11) is 5.74. The van der Waals surface area contributed by atoms with E-state index in [0.717, 1.165) is 5.56 Å². The van der Waals surface area contributed by atoms with Crippen LogP contribution >= 0.6 is 0 Å². The van der Waals surface area contributed by atoms with Crippen LogP contribution in [0.2, 0.25) is 0 Å². The van der Waals surface area contributed by atoms with Crippen LogP contribution in [0.1, 0.15) is 17.2 Å². The SMILES string of the molecule is COc1cc(C(O)C(CO)Oc2ccccc2OC)ccc1OC(CO)C(=O)Oc1cc(OC)c(OCc2ccccc2)c(OC)c1. The Labute approximate surface area is 272 Å². The zero-order chi connectivity index (χ0) is 33.8. The molecular weight excluding hydrogens is 612 g/mol. The fourth-order valence-electron chi connectivity index (χ4n) is 4.54. The van der Waals surface area contributed by atoms with Gasteiger partial charge in [0, 0.05) is 12.1 Å². The van der Waals surface area contributed by atoms with Gasteiger partial charge in [-0.3, -0.25) is 0 Å². The number of aliphatic hydroxyl groups excluding tert-OH is 3. The molecule has 0 radical (unpaired) electrons. The average molecular weight is 651 g/mol. The van der Waals surface area contributed by atoms with Crippen molar-refractivity contribution in [1.29, 1.82) is 0 Å². The van der Waals surface area contributed by atoms with Crippen molar-refractivity contribution in [2.75, 3.05) is 41.7 Å². The van der Waals surface area contributed by atoms with Crippen molar-refractivity contribution in [3.8, 4) is 46.0 Å². The van der Waals surface area contributed by atoms with E-state index in [2.05, 4.69) is 0 Å². The van der Waals surface area contributed by atoms with Crippen molar-refractivity contribution in [2.24, 2.45) is 0 Å². The van der Waals surface area contributed by atoms with Crippen molar-refractivity contribution in [2.45, 2.75) is 24.9 Å². The van der Waals surface area contributed by atoms with Crippen LogP contribution in [-0.2, 0) is 11.4 Å². The molecule has 0 amide bonds. The minimum absolute atomic E-state index is 0.0633. The van der Waals surface area contributed by atoms with Crippen molar-refractivity contribution in [1.82, 2.24) is 0 Å². The summed E-state index contributed by atoms with van der Waals surface area (Å²) in [6.45, 7) is -0.980. The van der Waals surface area contributed by atoms with Crippen molar-refractivity contribution >= 4 is 5.97 Å². The molecule has 3 atom stereocenters. The van der Waals surface area contributed by atoms with E-state index < -0.39 is 37.5 Å². The summed E-state index contributed by atoms with van der Waals surface area (Å²) >= 11 is 0. The second kappa shape index (κ2) is 16.9. The Hall–Kier alpha value is -5.17. The fourth-order valence-corrected chi connectivity index (χ4v) is 4.54. The van der Waals surface area contributed by atoms with E-state index in [0.29, 0.717) is 22.8 Å². The minimum atomic E-state index is -1.45. The predicted octanol–water partition coefficient (Wildman–Crippen LogP) is 4.12. The Kier molecular flexibility index (Phi) is 12.5. The minimum Gasteiger partial charge on any atom is -0.493 e. The number of para-hydroxylation sites is 2. The molecular formula is C35H38O12. The van der Waals surface area contributed by atoms with Gasteiger partial charge in [-0.1, -0.05) is 48.5 Å². The first kappa shape index (κ1) is 34.7. The molecule has 0 fully saturated rings. The summed E-state index contributed by atoms with van der Waals surface area (Å²) in [6, 6.07) is 23.7. The lowest BCUT2D eigenvalue weighted by atomic mass is 10.0. The van der Waals surface area contributed by atoms with E-state index in [9.17, 15) is 20.1 Å². The predicted molar refractivity (Wildman–Crippen MR) is 170 cm³/mol. The molecule has 47 heavy (non-hydrogen) atoms. The quantitative estimate of drug-likeness (QED) is 0.111. The van der Waals surface area contributed by atoms with Crippen LogP contribution in [0.15, 0.2) is 84.9 Å². The van der Waals surface area contributed by atoms with Gasteiger partial charge in [0.05, 0.1) is 41.7 Å². The monoisotopic (exact) mass is 650 g/mol. The number of aliphatic hydroxyl groups is 3. The molecule has 0 aliphatic heterocycles. The first-order valence-corrected chi connectivity index (χ1v) is 14.5. The summed E-state index contributed by atoms with van der Waals surface area (Å²) in [6.07, 6.45) is -3.78. The highest BCUT2D eigenvalue weighted by Crippen LogP contribution is 2.42. The van der Waals surface area contributed by atoms with Gasteiger partial charge in [0.25, 0.3) is 0 Å². The van der Waals surface area contributed by atoms with E-state index in [-0.39, 0.29) is 35.4 Å². The third-order valence-electron chi connectivity index (χ3n) is 6.99. The third kappa shape index (κ3) is 8.76. The normalized spacial score (nSPS) is 12.7. The van der Waals surface area contributed by atoms with Crippen LogP contribution in [-0.4, -0.2) is 75.1 Å². The maximum atomic E-state index is 13.1. The van der Waals surface area contributed by atoms with Crippen LogP contribution in [0.3, 0.4) is 0 Å². The van der Waals surface area contributed by atoms with Gasteiger partial charge in [-0.2, -0.15) is 0 Å². The van der Waals surface area contributed by atoms with E-state index >= 15 is 0 Å². The van der Waals surface area contributed by atoms with Crippen LogP contribution in [0, 0.1) is 0 Å². The van der Waals surface area contributed by atoms with E-state index in [1.54, 1.807) is 24.3 Å². The Morgan fingerprint density at radius 3 is 1.85 bits per heavy atom. The second-order valence-electron chi connectivity index (χ2n) is 9.99. The molecule has 3 N–H and O–H groups in total. The Bertz CT molecular complexity index is 1570. The molecule has 4 aromatic carbocycles. The molecule has 4 aromatic rings. The molecule has 250 valence electrons. The Morgan fingerprint density at radius 2 is 1.26 bits per heavy atom. The van der Waals surface area contributed by atoms with Gasteiger partial charge in [-0.05, 0) is 35.4 Å². The number of methoxy groups -OCH3 is 4. The highest BCUT2D eigenvalue weighted by Gasteiger charge is 2.28. The molecule has 0 aliphatic rings. The number of ether oxygens (including phenoxy) is 8. The molecule has 12 nitrogen and oxygen atoms in total. The van der Waals surface area contributed by atoms with E-state index in [4.69, 9.17) is 37.9 Å². The number of carbonyl (C=O) groups excluding carboxylic acids is 1. The van der Waals surface area contributed by atoms with Gasteiger partial charge in [0.1, 0.15) is 18.5 Å². The Balaban J connectivity index is 1.47. The number of hydrogen-bond acceptors (Lipinski definition) is 12. The first-order valence-electron chi connectivity index (χ1n) is 14.5. The number of hydrogen-bond donors (Lipinski definition) is 3. The van der Waals surface area contributed by atoms with Crippen LogP contribution in [0.25, 0.3) is 0 Å². The first-order chi connectivity index (χ1) is 22.8. The van der Waals surface area contributed by atoms with Gasteiger partial charge in [-0.25, -0.2) is 4.79 Å². The average Bonchev–Trinajstić information content (AvgIpc) is 3.11. The molecule has 0 heterocycles. The maximum absolute atomic E-state index is 13.1. The Morgan fingerprint density at radius 1 is 0.660 bits per heavy atom. The zero-order valence-electron chi connectivity index (χ0n) is 26.5. The highest BCUT2D eigenvalue weighted by atomic mass is 16.6. The summed E-state index contributed by atoms with van der Waals surface area (Å²) in [5.74, 6) is 1.000. The molecule has 3 unspecified atom stereocenters. The topological polar surface area (TPSA) is 152 Å². The van der Waals surface area contributed by atoms with Gasteiger partial charge in [-0.15, -0.1) is 0 Å². The summed E-state index contributed by atoms with van der Waals surface area (Å²) < 4.78 is 44.7. The van der Waals surface area contributed by atoms with Crippen LogP contribution in [0.5, 0.6) is 46.0 Å².